The highest BCUT2D eigenvalue weighted by Crippen LogP contribution is 2.21. The van der Waals surface area contributed by atoms with E-state index in [1.165, 1.54) is 24.1 Å². The molecule has 1 aromatic heterocycles. The first-order valence-corrected chi connectivity index (χ1v) is 9.72. The summed E-state index contributed by atoms with van der Waals surface area (Å²) >= 11 is 0. The van der Waals surface area contributed by atoms with E-state index in [9.17, 15) is 9.59 Å². The normalized spacial score (nSPS) is 20.4. The molecule has 0 bridgehead atoms. The summed E-state index contributed by atoms with van der Waals surface area (Å²) in [7, 11) is 0. The van der Waals surface area contributed by atoms with Crippen molar-refractivity contribution in [3.8, 4) is 0 Å². The lowest BCUT2D eigenvalue weighted by Gasteiger charge is -2.33. The first kappa shape index (κ1) is 18.8. The maximum absolute atomic E-state index is 12.2. The summed E-state index contributed by atoms with van der Waals surface area (Å²) in [5, 5.41) is 5.76. The summed E-state index contributed by atoms with van der Waals surface area (Å²) in [6.45, 7) is 6.78. The molecule has 1 aliphatic carbocycles. The van der Waals surface area contributed by atoms with Crippen molar-refractivity contribution in [1.82, 2.24) is 25.5 Å². The van der Waals surface area contributed by atoms with Crippen LogP contribution in [0.25, 0.3) is 0 Å². The van der Waals surface area contributed by atoms with E-state index in [0.29, 0.717) is 19.5 Å². The highest BCUT2D eigenvalue weighted by Gasteiger charge is 2.30. The highest BCUT2D eigenvalue weighted by atomic mass is 16.2. The Labute approximate surface area is 155 Å². The molecule has 2 aliphatic rings. The molecule has 1 aliphatic heterocycles. The number of hydrogen-bond donors (Lipinski definition) is 2. The minimum Gasteiger partial charge on any atom is -0.356 e. The number of nitrogens with zero attached hydrogens (tertiary/aromatic N) is 3. The monoisotopic (exact) mass is 359 g/mol. The molecule has 1 aromatic rings. The first-order chi connectivity index (χ1) is 12.6. The van der Waals surface area contributed by atoms with Crippen LogP contribution in [-0.2, 0) is 28.9 Å². The van der Waals surface area contributed by atoms with Gasteiger partial charge in [-0.15, -0.1) is 0 Å². The van der Waals surface area contributed by atoms with Crippen LogP contribution in [0.4, 0.5) is 0 Å². The number of carbonyl (C=O) groups excluding carboxylic acids is 2. The Bertz CT molecular complexity index is 676. The Kier molecular flexibility index (Phi) is 6.19. The molecule has 0 spiro atoms. The molecule has 0 radical (unpaired) electrons. The van der Waals surface area contributed by atoms with Gasteiger partial charge < -0.3 is 10.6 Å². The van der Waals surface area contributed by atoms with Gasteiger partial charge in [0, 0.05) is 37.4 Å². The maximum Gasteiger partial charge on any atom is 0.237 e. The Morgan fingerprint density at radius 2 is 2.12 bits per heavy atom. The van der Waals surface area contributed by atoms with Crippen molar-refractivity contribution in [2.24, 2.45) is 0 Å². The predicted molar refractivity (Wildman–Crippen MR) is 98.8 cm³/mol. The SMILES string of the molecule is CCN1CCNC(=O)[C@@H]1CC(=O)NCCc1nc(C)c2c(n1)CCCC2. The van der Waals surface area contributed by atoms with Gasteiger partial charge in [-0.3, -0.25) is 14.5 Å². The van der Waals surface area contributed by atoms with Gasteiger partial charge in [-0.1, -0.05) is 6.92 Å². The predicted octanol–water partition coefficient (Wildman–Crippen LogP) is 0.533. The molecule has 0 aromatic carbocycles. The molecule has 2 heterocycles. The van der Waals surface area contributed by atoms with Gasteiger partial charge in [-0.25, -0.2) is 9.97 Å². The van der Waals surface area contributed by atoms with E-state index in [4.69, 9.17) is 0 Å². The number of rotatable bonds is 6. The van der Waals surface area contributed by atoms with Crippen LogP contribution in [0.15, 0.2) is 0 Å². The van der Waals surface area contributed by atoms with E-state index < -0.39 is 0 Å². The number of fused-ring (bicyclic) bond motifs is 1. The van der Waals surface area contributed by atoms with Crippen molar-refractivity contribution >= 4 is 11.8 Å². The molecule has 1 saturated heterocycles. The number of carbonyl (C=O) groups is 2. The minimum atomic E-state index is -0.365. The van der Waals surface area contributed by atoms with Crippen LogP contribution in [0.2, 0.25) is 0 Å². The second-order valence-electron chi connectivity index (χ2n) is 7.10. The molecule has 0 unspecified atom stereocenters. The van der Waals surface area contributed by atoms with E-state index in [0.717, 1.165) is 37.4 Å². The summed E-state index contributed by atoms with van der Waals surface area (Å²) in [6, 6.07) is -0.365. The molecular weight excluding hydrogens is 330 g/mol. The van der Waals surface area contributed by atoms with Crippen molar-refractivity contribution < 1.29 is 9.59 Å². The third-order valence-electron chi connectivity index (χ3n) is 5.33. The number of likely N-dealkylation sites (N-methyl/N-ethyl adjacent to an activating group) is 1. The zero-order valence-corrected chi connectivity index (χ0v) is 15.8. The summed E-state index contributed by atoms with van der Waals surface area (Å²) < 4.78 is 0. The van der Waals surface area contributed by atoms with Crippen molar-refractivity contribution in [2.75, 3.05) is 26.2 Å². The van der Waals surface area contributed by atoms with Crippen LogP contribution in [0.1, 0.15) is 49.0 Å². The Hall–Kier alpha value is -2.02. The van der Waals surface area contributed by atoms with Crippen LogP contribution in [-0.4, -0.2) is 58.9 Å². The second kappa shape index (κ2) is 8.58. The summed E-state index contributed by atoms with van der Waals surface area (Å²) in [4.78, 5) is 35.6. The van der Waals surface area contributed by atoms with Crippen molar-refractivity contribution in [3.63, 3.8) is 0 Å². The van der Waals surface area contributed by atoms with Gasteiger partial charge in [0.2, 0.25) is 11.8 Å². The minimum absolute atomic E-state index is 0.0538. The third-order valence-corrected chi connectivity index (χ3v) is 5.33. The van der Waals surface area contributed by atoms with E-state index in [1.807, 2.05) is 11.8 Å². The lowest BCUT2D eigenvalue weighted by Crippen LogP contribution is -2.56. The lowest BCUT2D eigenvalue weighted by molar-refractivity contribution is -0.133. The Morgan fingerprint density at radius 1 is 1.31 bits per heavy atom. The molecule has 7 heteroatoms. The Balaban J connectivity index is 1.51. The first-order valence-electron chi connectivity index (χ1n) is 9.72. The van der Waals surface area contributed by atoms with Crippen LogP contribution >= 0.6 is 0 Å². The fourth-order valence-corrected chi connectivity index (χ4v) is 3.88. The van der Waals surface area contributed by atoms with Crippen LogP contribution in [0.5, 0.6) is 0 Å². The number of amides is 2. The van der Waals surface area contributed by atoms with Gasteiger partial charge >= 0.3 is 0 Å². The highest BCUT2D eigenvalue weighted by molar-refractivity contribution is 5.88. The second-order valence-corrected chi connectivity index (χ2v) is 7.10. The number of hydrogen-bond acceptors (Lipinski definition) is 5. The molecule has 2 amide bonds. The molecule has 142 valence electrons. The summed E-state index contributed by atoms with van der Waals surface area (Å²) in [5.41, 5.74) is 3.57. The van der Waals surface area contributed by atoms with Crippen molar-refractivity contribution in [2.45, 2.75) is 58.4 Å². The topological polar surface area (TPSA) is 87.2 Å². The summed E-state index contributed by atoms with van der Waals surface area (Å²) in [5.74, 6) is 0.649. The molecule has 26 heavy (non-hydrogen) atoms. The smallest absolute Gasteiger partial charge is 0.237 e. The van der Waals surface area contributed by atoms with Gasteiger partial charge in [-0.2, -0.15) is 0 Å². The third kappa shape index (κ3) is 4.38. The summed E-state index contributed by atoms with van der Waals surface area (Å²) in [6.07, 6.45) is 5.34. The van der Waals surface area contributed by atoms with E-state index in [1.54, 1.807) is 0 Å². The van der Waals surface area contributed by atoms with Crippen molar-refractivity contribution in [1.29, 1.82) is 0 Å². The Morgan fingerprint density at radius 3 is 2.92 bits per heavy atom. The number of aromatic nitrogens is 2. The number of aryl methyl sites for hydroxylation is 2. The average molecular weight is 359 g/mol. The lowest BCUT2D eigenvalue weighted by atomic mass is 9.95. The molecule has 2 N–H and O–H groups in total. The maximum atomic E-state index is 12.2. The van der Waals surface area contributed by atoms with Gasteiger partial charge in [0.05, 0.1) is 12.5 Å². The van der Waals surface area contributed by atoms with Gasteiger partial charge in [-0.05, 0) is 44.7 Å². The van der Waals surface area contributed by atoms with Crippen LogP contribution in [0.3, 0.4) is 0 Å². The van der Waals surface area contributed by atoms with E-state index >= 15 is 0 Å². The zero-order valence-electron chi connectivity index (χ0n) is 15.8. The number of piperazine rings is 1. The van der Waals surface area contributed by atoms with Gasteiger partial charge in [0.15, 0.2) is 0 Å². The van der Waals surface area contributed by atoms with Crippen molar-refractivity contribution in [3.05, 3.63) is 22.8 Å². The molecular formula is C19H29N5O2. The molecule has 1 fully saturated rings. The molecule has 1 atom stereocenters. The molecule has 0 saturated carbocycles. The average Bonchev–Trinajstić information content (AvgIpc) is 2.63. The standard InChI is InChI=1S/C19H29N5O2/c1-3-24-11-10-21-19(26)16(24)12-18(25)20-9-8-17-22-13(2)14-6-4-5-7-15(14)23-17/h16H,3-12H2,1-2H3,(H,20,25)(H,21,26)/t16-/m0/s1. The fourth-order valence-electron chi connectivity index (χ4n) is 3.88. The quantitative estimate of drug-likeness (QED) is 0.774. The zero-order chi connectivity index (χ0) is 18.5. The number of nitrogens with one attached hydrogen (secondary N) is 2. The molecule has 3 rings (SSSR count). The van der Waals surface area contributed by atoms with Crippen LogP contribution < -0.4 is 10.6 Å². The largest absolute Gasteiger partial charge is 0.356 e. The molecule has 7 nitrogen and oxygen atoms in total. The van der Waals surface area contributed by atoms with Gasteiger partial charge in [0.25, 0.3) is 0 Å². The van der Waals surface area contributed by atoms with Gasteiger partial charge in [0.1, 0.15) is 5.82 Å². The van der Waals surface area contributed by atoms with E-state index in [-0.39, 0.29) is 24.3 Å². The van der Waals surface area contributed by atoms with E-state index in [2.05, 4.69) is 27.5 Å². The van der Waals surface area contributed by atoms with Crippen LogP contribution in [0, 0.1) is 6.92 Å². The fraction of sp³-hybridized carbons (Fsp3) is 0.684.